The Kier molecular flexibility index (Phi) is 4.14. The van der Waals surface area contributed by atoms with Crippen molar-refractivity contribution in [3.8, 4) is 11.1 Å². The van der Waals surface area contributed by atoms with Crippen LogP contribution >= 0.6 is 11.8 Å². The highest BCUT2D eigenvalue weighted by atomic mass is 32.2. The summed E-state index contributed by atoms with van der Waals surface area (Å²) in [5.41, 5.74) is 3.78. The monoisotopic (exact) mass is 277 g/mol. The Morgan fingerprint density at radius 3 is 2.20 bits per heavy atom. The van der Waals surface area contributed by atoms with E-state index in [1.165, 1.54) is 16.7 Å². The molecule has 0 saturated heterocycles. The number of rotatable bonds is 4. The molecule has 1 aromatic heterocycles. The van der Waals surface area contributed by atoms with Gasteiger partial charge >= 0.3 is 0 Å². The van der Waals surface area contributed by atoms with Gasteiger partial charge in [-0.3, -0.25) is 0 Å². The first-order chi connectivity index (χ1) is 9.92. The van der Waals surface area contributed by atoms with Crippen molar-refractivity contribution >= 4 is 11.8 Å². The van der Waals surface area contributed by atoms with Crippen LogP contribution in [0.15, 0.2) is 84.0 Å². The number of aromatic nitrogens is 1. The first-order valence-corrected chi connectivity index (χ1v) is 7.58. The Morgan fingerprint density at radius 2 is 1.45 bits per heavy atom. The van der Waals surface area contributed by atoms with E-state index < -0.39 is 0 Å². The lowest BCUT2D eigenvalue weighted by molar-refractivity contribution is 1.13. The van der Waals surface area contributed by atoms with Crippen molar-refractivity contribution in [1.82, 2.24) is 4.98 Å². The Hall–Kier alpha value is -2.06. The molecule has 0 aliphatic carbocycles. The topological polar surface area (TPSA) is 12.9 Å². The van der Waals surface area contributed by atoms with Crippen LogP contribution in [0.2, 0.25) is 0 Å². The summed E-state index contributed by atoms with van der Waals surface area (Å²) >= 11 is 1.77. The molecule has 3 aromatic rings. The van der Waals surface area contributed by atoms with Crippen molar-refractivity contribution in [2.75, 3.05) is 0 Å². The Balaban J connectivity index is 1.75. The molecule has 0 saturated carbocycles. The van der Waals surface area contributed by atoms with Crippen molar-refractivity contribution < 1.29 is 0 Å². The zero-order valence-corrected chi connectivity index (χ0v) is 11.9. The third-order valence-corrected chi connectivity index (χ3v) is 4.07. The van der Waals surface area contributed by atoms with E-state index in [9.17, 15) is 0 Å². The van der Waals surface area contributed by atoms with Gasteiger partial charge in [0.25, 0.3) is 0 Å². The van der Waals surface area contributed by atoms with Crippen molar-refractivity contribution in [2.45, 2.75) is 10.8 Å². The molecule has 0 spiro atoms. The molecule has 98 valence electrons. The number of hydrogen-bond donors (Lipinski definition) is 0. The molecule has 0 aliphatic rings. The van der Waals surface area contributed by atoms with Gasteiger partial charge in [0, 0.05) is 11.9 Å². The lowest BCUT2D eigenvalue weighted by Crippen LogP contribution is -1.84. The van der Waals surface area contributed by atoms with Crippen molar-refractivity contribution in [1.29, 1.82) is 0 Å². The van der Waals surface area contributed by atoms with Crippen LogP contribution in [0.3, 0.4) is 0 Å². The Morgan fingerprint density at radius 1 is 0.750 bits per heavy atom. The van der Waals surface area contributed by atoms with Crippen LogP contribution in [0.25, 0.3) is 11.1 Å². The zero-order valence-electron chi connectivity index (χ0n) is 11.1. The number of thioether (sulfide) groups is 1. The van der Waals surface area contributed by atoms with Crippen molar-refractivity contribution in [3.63, 3.8) is 0 Å². The second-order valence-corrected chi connectivity index (χ2v) is 5.52. The highest BCUT2D eigenvalue weighted by Gasteiger charge is 2.01. The first-order valence-electron chi connectivity index (χ1n) is 6.60. The van der Waals surface area contributed by atoms with E-state index in [1.54, 1.807) is 11.8 Å². The molecule has 20 heavy (non-hydrogen) atoms. The summed E-state index contributed by atoms with van der Waals surface area (Å²) in [5, 5.41) is 1.07. The van der Waals surface area contributed by atoms with Crippen LogP contribution < -0.4 is 0 Å². The summed E-state index contributed by atoms with van der Waals surface area (Å²) in [6.45, 7) is 0. The highest BCUT2D eigenvalue weighted by molar-refractivity contribution is 7.98. The third-order valence-electron chi connectivity index (χ3n) is 3.07. The van der Waals surface area contributed by atoms with Gasteiger partial charge in [0.2, 0.25) is 0 Å². The van der Waals surface area contributed by atoms with E-state index in [-0.39, 0.29) is 0 Å². The average Bonchev–Trinajstić information content (AvgIpc) is 2.55. The van der Waals surface area contributed by atoms with E-state index in [0.29, 0.717) is 0 Å². The standard InChI is InChI=1S/C18H15NS/c1-3-7-15(8-4-1)14-20-18-13-17(11-12-19-18)16-9-5-2-6-10-16/h1-13H,14H2. The van der Waals surface area contributed by atoms with Crippen LogP contribution in [0, 0.1) is 0 Å². The SMILES string of the molecule is c1ccc(CSc2cc(-c3ccccc3)ccn2)cc1. The number of nitrogens with zero attached hydrogens (tertiary/aromatic N) is 1. The number of hydrogen-bond acceptors (Lipinski definition) is 2. The molecule has 1 heterocycles. The van der Waals surface area contributed by atoms with Gasteiger partial charge in [-0.2, -0.15) is 0 Å². The summed E-state index contributed by atoms with van der Waals surface area (Å²) < 4.78 is 0. The molecule has 0 atom stereocenters. The third kappa shape index (κ3) is 3.28. The fourth-order valence-electron chi connectivity index (χ4n) is 2.03. The van der Waals surface area contributed by atoms with E-state index >= 15 is 0 Å². The summed E-state index contributed by atoms with van der Waals surface area (Å²) in [6.07, 6.45) is 1.88. The van der Waals surface area contributed by atoms with Crippen LogP contribution in [0.1, 0.15) is 5.56 Å². The molecule has 3 rings (SSSR count). The molecular formula is C18H15NS. The van der Waals surface area contributed by atoms with Gasteiger partial charge in [-0.05, 0) is 28.8 Å². The summed E-state index contributed by atoms with van der Waals surface area (Å²) in [5.74, 6) is 0.950. The fourth-order valence-corrected chi connectivity index (χ4v) is 2.88. The minimum absolute atomic E-state index is 0.950. The zero-order chi connectivity index (χ0) is 13.6. The molecule has 0 bridgehead atoms. The second kappa shape index (κ2) is 6.40. The Bertz CT molecular complexity index is 665. The van der Waals surface area contributed by atoms with Gasteiger partial charge in [0.05, 0.1) is 5.03 Å². The first kappa shape index (κ1) is 12.9. The van der Waals surface area contributed by atoms with E-state index in [0.717, 1.165) is 10.8 Å². The summed E-state index contributed by atoms with van der Waals surface area (Å²) in [4.78, 5) is 4.44. The quantitative estimate of drug-likeness (QED) is 0.620. The van der Waals surface area contributed by atoms with Gasteiger partial charge in [-0.1, -0.05) is 60.7 Å². The van der Waals surface area contributed by atoms with Gasteiger partial charge in [0.1, 0.15) is 0 Å². The maximum Gasteiger partial charge on any atom is 0.0969 e. The lowest BCUT2D eigenvalue weighted by atomic mass is 10.1. The van der Waals surface area contributed by atoms with E-state index in [4.69, 9.17) is 0 Å². The molecule has 0 amide bonds. The normalized spacial score (nSPS) is 10.4. The van der Waals surface area contributed by atoms with Gasteiger partial charge in [-0.25, -0.2) is 4.98 Å². The Labute approximate surface area is 123 Å². The van der Waals surface area contributed by atoms with Crippen LogP contribution in [0.4, 0.5) is 0 Å². The van der Waals surface area contributed by atoms with E-state index in [2.05, 4.69) is 65.6 Å². The fraction of sp³-hybridized carbons (Fsp3) is 0.0556. The molecular weight excluding hydrogens is 262 g/mol. The smallest absolute Gasteiger partial charge is 0.0969 e. The number of benzene rings is 2. The predicted molar refractivity (Wildman–Crippen MR) is 85.7 cm³/mol. The molecule has 2 aromatic carbocycles. The van der Waals surface area contributed by atoms with Gasteiger partial charge < -0.3 is 0 Å². The van der Waals surface area contributed by atoms with Crippen LogP contribution in [-0.4, -0.2) is 4.98 Å². The molecule has 0 fully saturated rings. The molecule has 0 radical (unpaired) electrons. The molecule has 0 aliphatic heterocycles. The minimum Gasteiger partial charge on any atom is -0.250 e. The molecule has 2 heteroatoms. The molecule has 1 nitrogen and oxygen atoms in total. The summed E-state index contributed by atoms with van der Waals surface area (Å²) in [7, 11) is 0. The van der Waals surface area contributed by atoms with Crippen molar-refractivity contribution in [3.05, 3.63) is 84.6 Å². The maximum atomic E-state index is 4.44. The second-order valence-electron chi connectivity index (χ2n) is 4.52. The van der Waals surface area contributed by atoms with Crippen LogP contribution in [-0.2, 0) is 5.75 Å². The lowest BCUT2D eigenvalue weighted by Gasteiger charge is -2.05. The predicted octanol–water partition coefficient (Wildman–Crippen LogP) is 5.04. The molecule has 0 N–H and O–H groups in total. The minimum atomic E-state index is 0.950. The highest BCUT2D eigenvalue weighted by Crippen LogP contribution is 2.25. The van der Waals surface area contributed by atoms with Crippen LogP contribution in [0.5, 0.6) is 0 Å². The van der Waals surface area contributed by atoms with Gasteiger partial charge in [0.15, 0.2) is 0 Å². The van der Waals surface area contributed by atoms with Gasteiger partial charge in [-0.15, -0.1) is 11.8 Å². The number of pyridine rings is 1. The average molecular weight is 277 g/mol. The van der Waals surface area contributed by atoms with E-state index in [1.807, 2.05) is 18.3 Å². The molecule has 0 unspecified atom stereocenters. The summed E-state index contributed by atoms with van der Waals surface area (Å²) in [6, 6.07) is 25.1. The largest absolute Gasteiger partial charge is 0.250 e. The maximum absolute atomic E-state index is 4.44. The van der Waals surface area contributed by atoms with Crippen molar-refractivity contribution in [2.24, 2.45) is 0 Å².